The summed E-state index contributed by atoms with van der Waals surface area (Å²) in [6, 6.07) is 6.37. The number of rotatable bonds is 3. The first kappa shape index (κ1) is 10.0. The first-order chi connectivity index (χ1) is 6.72. The molecule has 0 fully saturated rings. The molecule has 14 heavy (non-hydrogen) atoms. The van der Waals surface area contributed by atoms with E-state index >= 15 is 0 Å². The van der Waals surface area contributed by atoms with Gasteiger partial charge in [-0.2, -0.15) is 10.5 Å². The molecule has 0 amide bonds. The van der Waals surface area contributed by atoms with Crippen molar-refractivity contribution < 1.29 is 9.21 Å². The molecule has 70 valence electrons. The molecule has 0 spiro atoms. The van der Waals surface area contributed by atoms with Gasteiger partial charge in [0.2, 0.25) is 5.78 Å². The molecular formula is C10H8N2O2. The van der Waals surface area contributed by atoms with Crippen LogP contribution >= 0.6 is 0 Å². The topological polar surface area (TPSA) is 77.8 Å². The minimum absolute atomic E-state index is 0.0787. The molecule has 0 unspecified atom stereocenters. The molecule has 0 radical (unpaired) electrons. The lowest BCUT2D eigenvalue weighted by Crippen LogP contribution is -2.09. The summed E-state index contributed by atoms with van der Waals surface area (Å²) in [5.74, 6) is -1.10. The van der Waals surface area contributed by atoms with Crippen molar-refractivity contribution in [3.8, 4) is 12.1 Å². The maximum absolute atomic E-state index is 11.4. The lowest BCUT2D eigenvalue weighted by atomic mass is 10.1. The smallest absolute Gasteiger partial charge is 0.229 e. The molecule has 1 rings (SSSR count). The number of carbonyl (C=O) groups excluding carboxylic acids is 1. The van der Waals surface area contributed by atoms with E-state index in [2.05, 4.69) is 0 Å². The third-order valence-corrected chi connectivity index (χ3v) is 1.77. The van der Waals surface area contributed by atoms with Crippen LogP contribution in [0, 0.1) is 28.6 Å². The third kappa shape index (κ3) is 1.81. The zero-order chi connectivity index (χ0) is 10.6. The molecule has 1 heterocycles. The van der Waals surface area contributed by atoms with Crippen molar-refractivity contribution in [1.82, 2.24) is 0 Å². The molecule has 0 saturated carbocycles. The van der Waals surface area contributed by atoms with Crippen molar-refractivity contribution in [3.05, 3.63) is 23.7 Å². The second-order valence-corrected chi connectivity index (χ2v) is 2.67. The molecule has 0 aliphatic heterocycles. The summed E-state index contributed by atoms with van der Waals surface area (Å²) >= 11 is 0. The number of carbonyl (C=O) groups is 1. The molecule has 0 aliphatic rings. The zero-order valence-electron chi connectivity index (χ0n) is 7.65. The number of aryl methyl sites for hydroxylation is 1. The maximum atomic E-state index is 11.4. The van der Waals surface area contributed by atoms with E-state index in [1.807, 2.05) is 6.92 Å². The molecule has 4 heteroatoms. The number of hydrogen-bond acceptors (Lipinski definition) is 4. The number of hydrogen-bond donors (Lipinski definition) is 0. The Morgan fingerprint density at radius 1 is 1.50 bits per heavy atom. The van der Waals surface area contributed by atoms with Crippen molar-refractivity contribution in [3.63, 3.8) is 0 Å². The van der Waals surface area contributed by atoms with Gasteiger partial charge in [0.25, 0.3) is 0 Å². The van der Waals surface area contributed by atoms with E-state index in [0.717, 1.165) is 0 Å². The van der Waals surface area contributed by atoms with E-state index < -0.39 is 11.7 Å². The summed E-state index contributed by atoms with van der Waals surface area (Å²) in [6.07, 6.45) is 0.678. The fourth-order valence-corrected chi connectivity index (χ4v) is 0.989. The average molecular weight is 188 g/mol. The zero-order valence-corrected chi connectivity index (χ0v) is 7.65. The summed E-state index contributed by atoms with van der Waals surface area (Å²) in [5.41, 5.74) is 0. The Balaban J connectivity index is 2.91. The maximum Gasteiger partial charge on any atom is 0.229 e. The summed E-state index contributed by atoms with van der Waals surface area (Å²) in [5, 5.41) is 17.0. The van der Waals surface area contributed by atoms with Gasteiger partial charge in [0, 0.05) is 6.42 Å². The minimum atomic E-state index is -1.27. The molecule has 0 bridgehead atoms. The van der Waals surface area contributed by atoms with E-state index in [-0.39, 0.29) is 5.76 Å². The second kappa shape index (κ2) is 4.25. The van der Waals surface area contributed by atoms with Crippen molar-refractivity contribution in [1.29, 1.82) is 10.5 Å². The van der Waals surface area contributed by atoms with Crippen molar-refractivity contribution in [2.45, 2.75) is 13.3 Å². The first-order valence-electron chi connectivity index (χ1n) is 4.15. The van der Waals surface area contributed by atoms with Crippen LogP contribution in [-0.4, -0.2) is 5.78 Å². The van der Waals surface area contributed by atoms with Gasteiger partial charge in [-0.3, -0.25) is 4.79 Å². The Labute approximate surface area is 81.4 Å². The van der Waals surface area contributed by atoms with E-state index in [4.69, 9.17) is 14.9 Å². The van der Waals surface area contributed by atoms with Crippen molar-refractivity contribution in [2.24, 2.45) is 5.92 Å². The fourth-order valence-electron chi connectivity index (χ4n) is 0.989. The van der Waals surface area contributed by atoms with E-state index in [0.29, 0.717) is 12.2 Å². The van der Waals surface area contributed by atoms with Crippen LogP contribution in [0.15, 0.2) is 16.5 Å². The van der Waals surface area contributed by atoms with E-state index in [1.165, 1.54) is 6.07 Å². The second-order valence-electron chi connectivity index (χ2n) is 2.67. The number of Topliss-reactive ketones (excluding diaryl/α,β-unsaturated/α-hetero) is 1. The quantitative estimate of drug-likeness (QED) is 0.676. The van der Waals surface area contributed by atoms with Crippen LogP contribution in [0.2, 0.25) is 0 Å². The summed E-state index contributed by atoms with van der Waals surface area (Å²) in [4.78, 5) is 11.4. The molecule has 0 atom stereocenters. The van der Waals surface area contributed by atoms with Crippen LogP contribution in [-0.2, 0) is 6.42 Å². The Kier molecular flexibility index (Phi) is 3.04. The van der Waals surface area contributed by atoms with Gasteiger partial charge in [0.05, 0.1) is 12.1 Å². The van der Waals surface area contributed by atoms with Crippen LogP contribution in [0.25, 0.3) is 0 Å². The summed E-state index contributed by atoms with van der Waals surface area (Å²) in [7, 11) is 0. The lowest BCUT2D eigenvalue weighted by Gasteiger charge is -1.94. The van der Waals surface area contributed by atoms with Gasteiger partial charge in [-0.05, 0) is 12.1 Å². The largest absolute Gasteiger partial charge is 0.458 e. The highest BCUT2D eigenvalue weighted by molar-refractivity contribution is 5.98. The highest BCUT2D eigenvalue weighted by Gasteiger charge is 2.21. The number of nitrogens with zero attached hydrogens (tertiary/aromatic N) is 2. The van der Waals surface area contributed by atoms with Gasteiger partial charge in [-0.25, -0.2) is 0 Å². The fraction of sp³-hybridized carbons (Fsp3) is 0.300. The van der Waals surface area contributed by atoms with E-state index in [1.54, 1.807) is 18.2 Å². The van der Waals surface area contributed by atoms with Gasteiger partial charge < -0.3 is 4.42 Å². The summed E-state index contributed by atoms with van der Waals surface area (Å²) < 4.78 is 5.13. The van der Waals surface area contributed by atoms with Crippen LogP contribution in [0.1, 0.15) is 23.2 Å². The molecular weight excluding hydrogens is 180 g/mol. The van der Waals surface area contributed by atoms with Crippen LogP contribution in [0.5, 0.6) is 0 Å². The van der Waals surface area contributed by atoms with Gasteiger partial charge in [-0.15, -0.1) is 0 Å². The highest BCUT2D eigenvalue weighted by atomic mass is 16.3. The Morgan fingerprint density at radius 2 is 2.14 bits per heavy atom. The number of ketones is 1. The predicted molar refractivity (Wildman–Crippen MR) is 47.1 cm³/mol. The van der Waals surface area contributed by atoms with Gasteiger partial charge in [-0.1, -0.05) is 6.92 Å². The first-order valence-corrected chi connectivity index (χ1v) is 4.15. The monoisotopic (exact) mass is 188 g/mol. The Morgan fingerprint density at radius 3 is 2.57 bits per heavy atom. The Bertz CT molecular complexity index is 406. The molecule has 0 aromatic carbocycles. The minimum Gasteiger partial charge on any atom is -0.458 e. The van der Waals surface area contributed by atoms with Crippen LogP contribution in [0.4, 0.5) is 0 Å². The van der Waals surface area contributed by atoms with Crippen LogP contribution < -0.4 is 0 Å². The molecule has 4 nitrogen and oxygen atoms in total. The predicted octanol–water partition coefficient (Wildman–Crippen LogP) is 1.69. The summed E-state index contributed by atoms with van der Waals surface area (Å²) in [6.45, 7) is 1.89. The number of nitriles is 2. The highest BCUT2D eigenvalue weighted by Crippen LogP contribution is 2.12. The normalized spacial score (nSPS) is 9.43. The lowest BCUT2D eigenvalue weighted by molar-refractivity contribution is 0.0942. The molecule has 1 aromatic rings. The van der Waals surface area contributed by atoms with Gasteiger partial charge in [0.1, 0.15) is 5.76 Å². The standard InChI is InChI=1S/C10H8N2O2/c1-2-8-3-4-9(14-8)10(13)7(5-11)6-12/h3-4,7H,2H2,1H3. The van der Waals surface area contributed by atoms with Crippen LogP contribution in [0.3, 0.4) is 0 Å². The Hall–Kier alpha value is -2.07. The SMILES string of the molecule is CCc1ccc(C(=O)C(C#N)C#N)o1. The average Bonchev–Trinajstić information content (AvgIpc) is 2.67. The molecule has 0 aliphatic carbocycles. The van der Waals surface area contributed by atoms with Gasteiger partial charge in [0.15, 0.2) is 11.7 Å². The van der Waals surface area contributed by atoms with Crippen molar-refractivity contribution >= 4 is 5.78 Å². The molecule has 0 N–H and O–H groups in total. The van der Waals surface area contributed by atoms with Gasteiger partial charge >= 0.3 is 0 Å². The molecule has 0 saturated heterocycles. The van der Waals surface area contributed by atoms with Crippen molar-refractivity contribution in [2.75, 3.05) is 0 Å². The van der Waals surface area contributed by atoms with E-state index in [9.17, 15) is 4.79 Å². The molecule has 1 aromatic heterocycles. The third-order valence-electron chi connectivity index (χ3n) is 1.77. The number of furan rings is 1.